The number of carbonyl (C=O) groups excluding carboxylic acids is 3. The van der Waals surface area contributed by atoms with Crippen LogP contribution in [0.2, 0.25) is 0 Å². The van der Waals surface area contributed by atoms with Crippen molar-refractivity contribution in [2.24, 2.45) is 5.73 Å². The number of hydrogen-bond donors (Lipinski definition) is 1. The standard InChI is InChI=1S/C20H20N4O5/c1-13-4-5-15(11-17(13)24(28)29)20(27)23(12-22-10-2-3-18(22)25)16-8-6-14(7-9-16)19(21)26/h4-9,11H,2-3,10,12H2,1H3,(H2,21,26). The molecule has 0 aliphatic carbocycles. The van der Waals surface area contributed by atoms with Gasteiger partial charge in [0, 0.05) is 41.4 Å². The molecule has 3 rings (SSSR count). The summed E-state index contributed by atoms with van der Waals surface area (Å²) in [6.45, 7) is 2.13. The van der Waals surface area contributed by atoms with Gasteiger partial charge in [-0.2, -0.15) is 0 Å². The molecule has 1 fully saturated rings. The van der Waals surface area contributed by atoms with Crippen LogP contribution >= 0.6 is 0 Å². The van der Waals surface area contributed by atoms with Gasteiger partial charge in [0.1, 0.15) is 6.67 Å². The van der Waals surface area contributed by atoms with Crippen molar-refractivity contribution in [2.45, 2.75) is 19.8 Å². The normalized spacial score (nSPS) is 13.4. The fourth-order valence-corrected chi connectivity index (χ4v) is 3.19. The van der Waals surface area contributed by atoms with Crippen LogP contribution in [0.3, 0.4) is 0 Å². The zero-order valence-electron chi connectivity index (χ0n) is 15.8. The zero-order valence-corrected chi connectivity index (χ0v) is 15.8. The van der Waals surface area contributed by atoms with E-state index in [0.29, 0.717) is 30.6 Å². The summed E-state index contributed by atoms with van der Waals surface area (Å²) in [5.41, 5.74) is 6.41. The van der Waals surface area contributed by atoms with Gasteiger partial charge >= 0.3 is 0 Å². The van der Waals surface area contributed by atoms with Crippen molar-refractivity contribution in [1.29, 1.82) is 0 Å². The van der Waals surface area contributed by atoms with E-state index < -0.39 is 16.7 Å². The van der Waals surface area contributed by atoms with Crippen LogP contribution in [0.4, 0.5) is 11.4 Å². The molecule has 0 atom stereocenters. The molecule has 1 heterocycles. The maximum Gasteiger partial charge on any atom is 0.273 e. The van der Waals surface area contributed by atoms with E-state index >= 15 is 0 Å². The van der Waals surface area contributed by atoms with Gasteiger partial charge in [0.2, 0.25) is 11.8 Å². The summed E-state index contributed by atoms with van der Waals surface area (Å²) in [5, 5.41) is 11.2. The van der Waals surface area contributed by atoms with Crippen molar-refractivity contribution < 1.29 is 19.3 Å². The molecule has 9 nitrogen and oxygen atoms in total. The van der Waals surface area contributed by atoms with E-state index in [2.05, 4.69) is 0 Å². The minimum absolute atomic E-state index is 0.00919. The number of anilines is 1. The highest BCUT2D eigenvalue weighted by Crippen LogP contribution is 2.24. The summed E-state index contributed by atoms with van der Waals surface area (Å²) < 4.78 is 0. The Bertz CT molecular complexity index is 987. The number of nitro groups is 1. The van der Waals surface area contributed by atoms with Gasteiger partial charge in [0.25, 0.3) is 11.6 Å². The quantitative estimate of drug-likeness (QED) is 0.592. The van der Waals surface area contributed by atoms with Crippen molar-refractivity contribution in [3.05, 3.63) is 69.3 Å². The molecule has 0 spiro atoms. The second-order valence-electron chi connectivity index (χ2n) is 6.80. The lowest BCUT2D eigenvalue weighted by molar-refractivity contribution is -0.385. The Morgan fingerprint density at radius 2 is 1.83 bits per heavy atom. The van der Waals surface area contributed by atoms with Gasteiger partial charge in [-0.15, -0.1) is 0 Å². The van der Waals surface area contributed by atoms with Crippen molar-refractivity contribution in [2.75, 3.05) is 18.1 Å². The molecule has 2 aromatic rings. The van der Waals surface area contributed by atoms with Gasteiger partial charge in [-0.25, -0.2) is 0 Å². The van der Waals surface area contributed by atoms with E-state index in [-0.39, 0.29) is 29.4 Å². The van der Waals surface area contributed by atoms with Gasteiger partial charge in [0.05, 0.1) is 4.92 Å². The van der Waals surface area contributed by atoms with Crippen LogP contribution < -0.4 is 10.6 Å². The molecule has 0 bridgehead atoms. The third-order valence-electron chi connectivity index (χ3n) is 4.84. The number of likely N-dealkylation sites (tertiary alicyclic amines) is 1. The Kier molecular flexibility index (Phi) is 5.58. The maximum atomic E-state index is 13.2. The van der Waals surface area contributed by atoms with Crippen LogP contribution in [-0.4, -0.2) is 40.8 Å². The summed E-state index contributed by atoms with van der Waals surface area (Å²) >= 11 is 0. The second kappa shape index (κ2) is 8.09. The smallest absolute Gasteiger partial charge is 0.273 e. The van der Waals surface area contributed by atoms with E-state index in [0.717, 1.165) is 0 Å². The van der Waals surface area contributed by atoms with Crippen LogP contribution in [0.15, 0.2) is 42.5 Å². The molecule has 2 aromatic carbocycles. The van der Waals surface area contributed by atoms with Gasteiger partial charge in [-0.1, -0.05) is 6.07 Å². The van der Waals surface area contributed by atoms with Gasteiger partial charge in [0.15, 0.2) is 0 Å². The molecule has 1 aliphatic heterocycles. The minimum atomic E-state index is -0.599. The Balaban J connectivity index is 1.98. The number of benzene rings is 2. The number of rotatable bonds is 6. The summed E-state index contributed by atoms with van der Waals surface area (Å²) in [4.78, 5) is 50.2. The van der Waals surface area contributed by atoms with Crippen LogP contribution in [-0.2, 0) is 4.79 Å². The summed E-state index contributed by atoms with van der Waals surface area (Å²) in [6.07, 6.45) is 1.12. The molecule has 1 aliphatic rings. The molecule has 3 amide bonds. The molecule has 29 heavy (non-hydrogen) atoms. The first-order valence-corrected chi connectivity index (χ1v) is 9.02. The third-order valence-corrected chi connectivity index (χ3v) is 4.84. The fraction of sp³-hybridized carbons (Fsp3) is 0.250. The average molecular weight is 396 g/mol. The molecule has 9 heteroatoms. The first kappa shape index (κ1) is 20.0. The second-order valence-corrected chi connectivity index (χ2v) is 6.80. The Labute approximate surface area is 166 Å². The topological polar surface area (TPSA) is 127 Å². The van der Waals surface area contributed by atoms with Crippen molar-refractivity contribution >= 4 is 29.1 Å². The van der Waals surface area contributed by atoms with E-state index in [1.54, 1.807) is 24.0 Å². The first-order valence-electron chi connectivity index (χ1n) is 9.02. The van der Waals surface area contributed by atoms with Gasteiger partial charge in [-0.05, 0) is 43.7 Å². The number of nitrogens with zero attached hydrogens (tertiary/aromatic N) is 3. The number of hydrogen-bond acceptors (Lipinski definition) is 5. The van der Waals surface area contributed by atoms with E-state index in [9.17, 15) is 24.5 Å². The average Bonchev–Trinajstić information content (AvgIpc) is 3.10. The SMILES string of the molecule is Cc1ccc(C(=O)N(CN2CCCC2=O)c2ccc(C(N)=O)cc2)cc1[N+](=O)[O-]. The highest BCUT2D eigenvalue weighted by atomic mass is 16.6. The predicted octanol–water partition coefficient (Wildman–Crippen LogP) is 2.23. The zero-order chi connectivity index (χ0) is 21.1. The molecular formula is C20H20N4O5. The van der Waals surface area contributed by atoms with E-state index in [1.807, 2.05) is 0 Å². The number of nitro benzene ring substituents is 1. The highest BCUT2D eigenvalue weighted by molar-refractivity contribution is 6.07. The summed E-state index contributed by atoms with van der Waals surface area (Å²) in [7, 11) is 0. The number of amides is 3. The highest BCUT2D eigenvalue weighted by Gasteiger charge is 2.27. The largest absolute Gasteiger partial charge is 0.366 e. The number of primary amides is 1. The maximum absolute atomic E-state index is 13.2. The molecule has 1 saturated heterocycles. The third kappa shape index (κ3) is 4.23. The lowest BCUT2D eigenvalue weighted by atomic mass is 10.1. The van der Waals surface area contributed by atoms with Crippen LogP contribution in [0, 0.1) is 17.0 Å². The number of carbonyl (C=O) groups is 3. The Morgan fingerprint density at radius 1 is 1.17 bits per heavy atom. The first-order chi connectivity index (χ1) is 13.8. The minimum Gasteiger partial charge on any atom is -0.366 e. The summed E-state index contributed by atoms with van der Waals surface area (Å²) in [5.74, 6) is -1.15. The molecule has 0 unspecified atom stereocenters. The molecule has 0 radical (unpaired) electrons. The molecular weight excluding hydrogens is 376 g/mol. The lowest BCUT2D eigenvalue weighted by Gasteiger charge is -2.28. The van der Waals surface area contributed by atoms with Crippen molar-refractivity contribution in [1.82, 2.24) is 4.90 Å². The van der Waals surface area contributed by atoms with Crippen molar-refractivity contribution in [3.63, 3.8) is 0 Å². The Hall–Kier alpha value is -3.75. The Morgan fingerprint density at radius 3 is 2.38 bits per heavy atom. The van der Waals surface area contributed by atoms with E-state index in [1.165, 1.54) is 35.2 Å². The molecule has 0 saturated carbocycles. The fourth-order valence-electron chi connectivity index (χ4n) is 3.19. The van der Waals surface area contributed by atoms with Crippen LogP contribution in [0.25, 0.3) is 0 Å². The predicted molar refractivity (Wildman–Crippen MR) is 105 cm³/mol. The van der Waals surface area contributed by atoms with E-state index in [4.69, 9.17) is 5.73 Å². The summed E-state index contributed by atoms with van der Waals surface area (Å²) in [6, 6.07) is 10.3. The van der Waals surface area contributed by atoms with Crippen LogP contribution in [0.5, 0.6) is 0 Å². The lowest BCUT2D eigenvalue weighted by Crippen LogP contribution is -2.42. The molecule has 150 valence electrons. The van der Waals surface area contributed by atoms with Crippen LogP contribution in [0.1, 0.15) is 39.1 Å². The number of aryl methyl sites for hydroxylation is 1. The number of nitrogens with two attached hydrogens (primary N) is 1. The molecule has 0 aromatic heterocycles. The monoisotopic (exact) mass is 396 g/mol. The van der Waals surface area contributed by atoms with Gasteiger partial charge < -0.3 is 10.6 Å². The molecule has 2 N–H and O–H groups in total. The van der Waals surface area contributed by atoms with Crippen molar-refractivity contribution in [3.8, 4) is 0 Å². The van der Waals surface area contributed by atoms with Gasteiger partial charge in [-0.3, -0.25) is 29.4 Å².